The predicted octanol–water partition coefficient (Wildman–Crippen LogP) is 1.14. The average Bonchev–Trinajstić information content (AvgIpc) is 2.70. The van der Waals surface area contributed by atoms with Gasteiger partial charge < -0.3 is 29.9 Å². The average molecular weight is 405 g/mol. The van der Waals surface area contributed by atoms with Gasteiger partial charge in [-0.05, 0) is 36.6 Å². The van der Waals surface area contributed by atoms with Crippen LogP contribution in [0.4, 0.5) is 5.69 Å². The topological polar surface area (TPSA) is 143 Å². The Morgan fingerprint density at radius 1 is 1.24 bits per heavy atom. The second kappa shape index (κ2) is 8.05. The quantitative estimate of drug-likeness (QED) is 0.428. The molecule has 0 radical (unpaired) electrons. The first-order chi connectivity index (χ1) is 13.7. The summed E-state index contributed by atoms with van der Waals surface area (Å²) in [6.07, 6.45) is -5.57. The number of aliphatic hydroxyl groups excluding tert-OH is 3. The molecule has 4 N–H and O–H groups in total. The summed E-state index contributed by atoms with van der Waals surface area (Å²) < 4.78 is 11.3. The minimum Gasteiger partial charge on any atom is -0.461 e. The third kappa shape index (κ3) is 3.96. The Morgan fingerprint density at radius 2 is 1.93 bits per heavy atom. The molecule has 0 aromatic heterocycles. The molecule has 1 heterocycles. The van der Waals surface area contributed by atoms with E-state index in [1.165, 1.54) is 19.1 Å². The van der Waals surface area contributed by atoms with Crippen molar-refractivity contribution < 1.29 is 34.8 Å². The lowest BCUT2D eigenvalue weighted by Gasteiger charge is -2.45. The molecule has 9 nitrogen and oxygen atoms in total. The number of nitrogens with zero attached hydrogens (tertiary/aromatic N) is 1. The van der Waals surface area contributed by atoms with Gasteiger partial charge in [-0.15, -0.1) is 0 Å². The molecule has 0 spiro atoms. The van der Waals surface area contributed by atoms with Gasteiger partial charge in [0.25, 0.3) is 5.69 Å². The first kappa shape index (κ1) is 21.2. The molecule has 156 valence electrons. The molecular formula is C20H23NO8. The third-order valence-electron chi connectivity index (χ3n) is 5.14. The Bertz CT molecular complexity index is 900. The number of rotatable bonds is 5. The Hall–Kier alpha value is -2.56. The van der Waals surface area contributed by atoms with Crippen molar-refractivity contribution >= 4 is 5.69 Å². The van der Waals surface area contributed by atoms with Crippen LogP contribution < -0.4 is 4.74 Å². The van der Waals surface area contributed by atoms with Gasteiger partial charge in [-0.2, -0.15) is 0 Å². The molecule has 29 heavy (non-hydrogen) atoms. The number of non-ortho nitro benzene ring substituents is 1. The van der Waals surface area contributed by atoms with E-state index >= 15 is 0 Å². The summed E-state index contributed by atoms with van der Waals surface area (Å²) in [6.45, 7) is 2.44. The van der Waals surface area contributed by atoms with Gasteiger partial charge in [-0.1, -0.05) is 24.3 Å². The van der Waals surface area contributed by atoms with E-state index in [9.17, 15) is 30.5 Å². The first-order valence-corrected chi connectivity index (χ1v) is 9.02. The highest BCUT2D eigenvalue weighted by molar-refractivity contribution is 5.71. The third-order valence-corrected chi connectivity index (χ3v) is 5.14. The van der Waals surface area contributed by atoms with Crippen LogP contribution in [0.1, 0.15) is 12.5 Å². The van der Waals surface area contributed by atoms with Gasteiger partial charge in [0.05, 0.1) is 11.5 Å². The summed E-state index contributed by atoms with van der Waals surface area (Å²) in [4.78, 5) is 10.6. The molecular weight excluding hydrogens is 382 g/mol. The number of nitro benzene ring substituents is 1. The predicted molar refractivity (Wildman–Crippen MR) is 102 cm³/mol. The molecule has 1 aliphatic heterocycles. The lowest BCUT2D eigenvalue weighted by molar-refractivity contribution is -0.384. The van der Waals surface area contributed by atoms with E-state index in [1.807, 2.05) is 0 Å². The van der Waals surface area contributed by atoms with Gasteiger partial charge in [0, 0.05) is 12.1 Å². The maximum atomic E-state index is 11.1. The lowest BCUT2D eigenvalue weighted by Crippen LogP contribution is -2.66. The zero-order chi connectivity index (χ0) is 21.3. The molecule has 1 aliphatic rings. The van der Waals surface area contributed by atoms with Crippen molar-refractivity contribution in [2.75, 3.05) is 6.61 Å². The van der Waals surface area contributed by atoms with E-state index in [-0.39, 0.29) is 5.69 Å². The van der Waals surface area contributed by atoms with Crippen LogP contribution in [0.15, 0.2) is 42.5 Å². The molecule has 0 bridgehead atoms. The summed E-state index contributed by atoms with van der Waals surface area (Å²) in [5, 5.41) is 51.2. The molecule has 2 aromatic rings. The molecule has 0 unspecified atom stereocenters. The minimum absolute atomic E-state index is 0.0466. The summed E-state index contributed by atoms with van der Waals surface area (Å²) in [7, 11) is 0. The molecule has 0 aliphatic carbocycles. The van der Waals surface area contributed by atoms with E-state index < -0.39 is 41.7 Å². The Balaban J connectivity index is 1.94. The Kier molecular flexibility index (Phi) is 5.87. The number of benzene rings is 2. The standard InChI is InChI=1S/C20H23NO8/c1-11-14(12-5-3-6-13(9-12)21(26)27)7-4-8-15(11)28-19-20(2,25)18(24)17(23)16(10-22)29-19/h3-9,16-19,22-25H,10H2,1-2H3/t16-,17-,18+,19+,20+/m1/s1. The monoisotopic (exact) mass is 405 g/mol. The van der Waals surface area contributed by atoms with Crippen molar-refractivity contribution in [2.45, 2.75) is 44.1 Å². The molecule has 2 aromatic carbocycles. The fourth-order valence-corrected chi connectivity index (χ4v) is 3.32. The van der Waals surface area contributed by atoms with E-state index in [0.717, 1.165) is 0 Å². The van der Waals surface area contributed by atoms with Crippen molar-refractivity contribution in [3.05, 3.63) is 58.1 Å². The van der Waals surface area contributed by atoms with Crippen molar-refractivity contribution in [1.29, 1.82) is 0 Å². The highest BCUT2D eigenvalue weighted by Crippen LogP contribution is 2.36. The van der Waals surface area contributed by atoms with Gasteiger partial charge in [0.2, 0.25) is 6.29 Å². The summed E-state index contributed by atoms with van der Waals surface area (Å²) >= 11 is 0. The van der Waals surface area contributed by atoms with Crippen LogP contribution in [-0.2, 0) is 4.74 Å². The number of ether oxygens (including phenoxy) is 2. The van der Waals surface area contributed by atoms with Crippen LogP contribution in [0.2, 0.25) is 0 Å². The molecule has 1 saturated heterocycles. The van der Waals surface area contributed by atoms with E-state index in [0.29, 0.717) is 22.4 Å². The van der Waals surface area contributed by atoms with Crippen molar-refractivity contribution in [3.8, 4) is 16.9 Å². The second-order valence-corrected chi connectivity index (χ2v) is 7.20. The van der Waals surface area contributed by atoms with Crippen molar-refractivity contribution in [1.82, 2.24) is 0 Å². The summed E-state index contributed by atoms with van der Waals surface area (Å²) in [5.41, 5.74) is -0.0645. The fraction of sp³-hybridized carbons (Fsp3) is 0.400. The van der Waals surface area contributed by atoms with Gasteiger partial charge in [-0.25, -0.2) is 0 Å². The highest BCUT2D eigenvalue weighted by Gasteiger charge is 2.53. The van der Waals surface area contributed by atoms with Crippen molar-refractivity contribution in [3.63, 3.8) is 0 Å². The van der Waals surface area contributed by atoms with Gasteiger partial charge >= 0.3 is 0 Å². The van der Waals surface area contributed by atoms with Gasteiger partial charge in [0.15, 0.2) is 5.60 Å². The first-order valence-electron chi connectivity index (χ1n) is 9.02. The molecule has 0 amide bonds. The highest BCUT2D eigenvalue weighted by atomic mass is 16.7. The fourth-order valence-electron chi connectivity index (χ4n) is 3.32. The van der Waals surface area contributed by atoms with Crippen LogP contribution in [0.3, 0.4) is 0 Å². The molecule has 3 rings (SSSR count). The molecule has 9 heteroatoms. The second-order valence-electron chi connectivity index (χ2n) is 7.20. The molecule has 0 saturated carbocycles. The largest absolute Gasteiger partial charge is 0.461 e. The summed E-state index contributed by atoms with van der Waals surface area (Å²) in [6, 6.07) is 11.2. The number of aliphatic hydroxyl groups is 4. The van der Waals surface area contributed by atoms with Crippen molar-refractivity contribution in [2.24, 2.45) is 0 Å². The summed E-state index contributed by atoms with van der Waals surface area (Å²) in [5.74, 6) is 0.319. The smallest absolute Gasteiger partial charge is 0.270 e. The maximum Gasteiger partial charge on any atom is 0.270 e. The normalized spacial score (nSPS) is 29.4. The minimum atomic E-state index is -1.95. The zero-order valence-corrected chi connectivity index (χ0v) is 15.9. The van der Waals surface area contributed by atoms with E-state index in [4.69, 9.17) is 9.47 Å². The van der Waals surface area contributed by atoms with Crippen LogP contribution in [0.25, 0.3) is 11.1 Å². The van der Waals surface area contributed by atoms with E-state index in [1.54, 1.807) is 37.3 Å². The van der Waals surface area contributed by atoms with E-state index in [2.05, 4.69) is 0 Å². The Morgan fingerprint density at radius 3 is 2.59 bits per heavy atom. The maximum absolute atomic E-state index is 11.1. The number of hydrogen-bond acceptors (Lipinski definition) is 8. The Labute approximate surface area is 166 Å². The van der Waals surface area contributed by atoms with Crippen LogP contribution in [0, 0.1) is 17.0 Å². The van der Waals surface area contributed by atoms with Gasteiger partial charge in [-0.3, -0.25) is 10.1 Å². The molecule has 5 atom stereocenters. The van der Waals surface area contributed by atoms with Crippen LogP contribution >= 0.6 is 0 Å². The zero-order valence-electron chi connectivity index (χ0n) is 15.9. The van der Waals surface area contributed by atoms with Gasteiger partial charge in [0.1, 0.15) is 24.1 Å². The number of hydrogen-bond donors (Lipinski definition) is 4. The number of nitro groups is 1. The lowest BCUT2D eigenvalue weighted by atomic mass is 9.88. The van der Waals surface area contributed by atoms with Crippen LogP contribution in [-0.4, -0.2) is 62.2 Å². The van der Waals surface area contributed by atoms with Crippen LogP contribution in [0.5, 0.6) is 5.75 Å². The molecule has 1 fully saturated rings. The SMILES string of the molecule is Cc1c(O[C@H]2O[C@H](CO)[C@@H](O)[C@H](O)[C@]2(C)O)cccc1-c1cccc([N+](=O)[O-])c1.